The Balaban J connectivity index is 1.73. The minimum atomic E-state index is -0.531. The molecule has 6 heteroatoms. The molecule has 2 amide bonds. The normalized spacial score (nSPS) is 14.3. The van der Waals surface area contributed by atoms with Crippen LogP contribution in [0.15, 0.2) is 58.5 Å². The van der Waals surface area contributed by atoms with Gasteiger partial charge in [0.25, 0.3) is 11.8 Å². The van der Waals surface area contributed by atoms with E-state index in [4.69, 9.17) is 0 Å². The number of rotatable bonds is 4. The van der Waals surface area contributed by atoms with Gasteiger partial charge in [0.1, 0.15) is 22.9 Å². The van der Waals surface area contributed by atoms with E-state index in [1.165, 1.54) is 24.3 Å². The van der Waals surface area contributed by atoms with E-state index < -0.39 is 11.8 Å². The maximum atomic E-state index is 12.1. The summed E-state index contributed by atoms with van der Waals surface area (Å²) in [4.78, 5) is 31.9. The molecule has 2 N–H and O–H groups in total. The van der Waals surface area contributed by atoms with Crippen molar-refractivity contribution < 1.29 is 19.8 Å². The molecule has 0 bridgehead atoms. The Morgan fingerprint density at radius 1 is 0.625 bits per heavy atom. The van der Waals surface area contributed by atoms with Gasteiger partial charge in [-0.05, 0) is 35.4 Å². The van der Waals surface area contributed by atoms with Gasteiger partial charge < -0.3 is 10.2 Å². The minimum absolute atomic E-state index is 0.0835. The van der Waals surface area contributed by atoms with Crippen LogP contribution < -0.4 is 0 Å². The Hall–Kier alpha value is -3.28. The smallest absolute Gasteiger partial charge is 0.292 e. The van der Waals surface area contributed by atoms with E-state index in [1.807, 2.05) is 0 Å². The van der Waals surface area contributed by atoms with E-state index in [0.717, 1.165) is 11.1 Å². The second-order valence-corrected chi connectivity index (χ2v) is 5.41. The lowest BCUT2D eigenvalue weighted by atomic mass is 10.0. The summed E-state index contributed by atoms with van der Waals surface area (Å²) in [6, 6.07) is 12.7. The molecule has 0 atom stereocenters. The number of nitrogens with zero attached hydrogens (tertiary/aromatic N) is 2. The zero-order valence-electron chi connectivity index (χ0n) is 12.6. The second-order valence-electron chi connectivity index (χ2n) is 5.41. The number of aliphatic imine (C=N–C) groups is 2. The fourth-order valence-corrected chi connectivity index (χ4v) is 2.31. The van der Waals surface area contributed by atoms with Crippen LogP contribution in [0.2, 0.25) is 0 Å². The number of amides is 2. The third-order valence-corrected chi connectivity index (χ3v) is 3.58. The Kier molecular flexibility index (Phi) is 4.20. The number of carbonyl (C=O) groups is 2. The number of carbonyl (C=O) groups excluding carboxylic acids is 2. The highest BCUT2D eigenvalue weighted by molar-refractivity contribution is 6.54. The van der Waals surface area contributed by atoms with Crippen molar-refractivity contribution in [1.82, 2.24) is 0 Å². The first-order valence-electron chi connectivity index (χ1n) is 7.31. The molecule has 0 aliphatic carbocycles. The third kappa shape index (κ3) is 3.55. The molecule has 0 radical (unpaired) electrons. The number of benzene rings is 2. The lowest BCUT2D eigenvalue weighted by Gasteiger charge is -2.10. The van der Waals surface area contributed by atoms with Gasteiger partial charge in [-0.3, -0.25) is 9.59 Å². The van der Waals surface area contributed by atoms with E-state index in [9.17, 15) is 19.8 Å². The molecule has 0 fully saturated rings. The maximum absolute atomic E-state index is 12.1. The van der Waals surface area contributed by atoms with Crippen LogP contribution in [0.1, 0.15) is 11.1 Å². The van der Waals surface area contributed by atoms with Crippen molar-refractivity contribution in [3.63, 3.8) is 0 Å². The average molecular weight is 322 g/mol. The Morgan fingerprint density at radius 2 is 0.958 bits per heavy atom. The second kappa shape index (κ2) is 6.45. The van der Waals surface area contributed by atoms with Gasteiger partial charge in [0.05, 0.1) is 0 Å². The maximum Gasteiger partial charge on any atom is 0.292 e. The number of phenols is 2. The molecule has 0 aromatic heterocycles. The third-order valence-electron chi connectivity index (χ3n) is 3.58. The zero-order valence-corrected chi connectivity index (χ0v) is 12.6. The van der Waals surface area contributed by atoms with Crippen LogP contribution in [0.25, 0.3) is 0 Å². The highest BCUT2D eigenvalue weighted by Gasteiger charge is 2.24. The summed E-state index contributed by atoms with van der Waals surface area (Å²) in [6.45, 7) is 0. The van der Waals surface area contributed by atoms with Crippen LogP contribution in [0.3, 0.4) is 0 Å². The van der Waals surface area contributed by atoms with Crippen molar-refractivity contribution >= 4 is 23.2 Å². The predicted octanol–water partition coefficient (Wildman–Crippen LogP) is 1.83. The van der Waals surface area contributed by atoms with Gasteiger partial charge >= 0.3 is 0 Å². The van der Waals surface area contributed by atoms with Gasteiger partial charge in [0.15, 0.2) is 0 Å². The lowest BCUT2D eigenvalue weighted by Crippen LogP contribution is -2.29. The first-order chi connectivity index (χ1) is 11.5. The van der Waals surface area contributed by atoms with Crippen LogP contribution >= 0.6 is 0 Å². The fraction of sp³-hybridized carbons (Fsp3) is 0.111. The number of aromatic hydroxyl groups is 2. The number of hydrogen-bond acceptors (Lipinski definition) is 4. The van der Waals surface area contributed by atoms with Crippen molar-refractivity contribution in [1.29, 1.82) is 0 Å². The quantitative estimate of drug-likeness (QED) is 0.897. The zero-order chi connectivity index (χ0) is 17.1. The fourth-order valence-electron chi connectivity index (χ4n) is 2.31. The van der Waals surface area contributed by atoms with Crippen LogP contribution in [-0.4, -0.2) is 33.5 Å². The molecule has 1 aliphatic heterocycles. The monoisotopic (exact) mass is 322 g/mol. The van der Waals surface area contributed by atoms with Gasteiger partial charge in [-0.2, -0.15) is 0 Å². The van der Waals surface area contributed by atoms with Gasteiger partial charge in [-0.1, -0.05) is 24.3 Å². The van der Waals surface area contributed by atoms with Crippen molar-refractivity contribution in [2.24, 2.45) is 9.98 Å². The summed E-state index contributed by atoms with van der Waals surface area (Å²) in [5.74, 6) is -0.810. The molecule has 0 saturated heterocycles. The molecule has 1 aliphatic rings. The van der Waals surface area contributed by atoms with E-state index in [1.54, 1.807) is 24.3 Å². The molecule has 0 saturated carbocycles. The van der Waals surface area contributed by atoms with Crippen LogP contribution in [-0.2, 0) is 22.4 Å². The number of hydrogen-bond donors (Lipinski definition) is 2. The molecular weight excluding hydrogens is 308 g/mol. The average Bonchev–Trinajstić information content (AvgIpc) is 2.56. The molecule has 2 aromatic carbocycles. The first kappa shape index (κ1) is 15.6. The highest BCUT2D eigenvalue weighted by Crippen LogP contribution is 2.14. The van der Waals surface area contributed by atoms with E-state index >= 15 is 0 Å². The van der Waals surface area contributed by atoms with Crippen LogP contribution in [0.4, 0.5) is 0 Å². The standard InChI is InChI=1S/C18H14N2O4/c21-13-5-1-11(2-6-13)9-15-17(23)20-16(18(24)19-15)10-12-3-7-14(22)8-4-12/h1-8,21-22H,9-10H2. The minimum Gasteiger partial charge on any atom is -0.508 e. The lowest BCUT2D eigenvalue weighted by molar-refractivity contribution is -0.115. The molecule has 24 heavy (non-hydrogen) atoms. The Labute approximate surface area is 137 Å². The van der Waals surface area contributed by atoms with Crippen LogP contribution in [0.5, 0.6) is 11.5 Å². The van der Waals surface area contributed by atoms with Crippen molar-refractivity contribution in [2.75, 3.05) is 0 Å². The molecule has 1 heterocycles. The summed E-state index contributed by atoms with van der Waals surface area (Å²) >= 11 is 0. The van der Waals surface area contributed by atoms with E-state index in [-0.39, 0.29) is 35.8 Å². The van der Waals surface area contributed by atoms with Gasteiger partial charge in [-0.25, -0.2) is 9.98 Å². The molecule has 3 rings (SSSR count). The number of phenolic OH excluding ortho intramolecular Hbond substituents is 2. The largest absolute Gasteiger partial charge is 0.508 e. The van der Waals surface area contributed by atoms with Crippen molar-refractivity contribution in [3.05, 3.63) is 59.7 Å². The highest BCUT2D eigenvalue weighted by atomic mass is 16.3. The molecular formula is C18H14N2O4. The SMILES string of the molecule is O=C1N=C(Cc2ccc(O)cc2)C(=O)N=C1Cc1ccc(O)cc1. The predicted molar refractivity (Wildman–Crippen MR) is 88.5 cm³/mol. The van der Waals surface area contributed by atoms with Gasteiger partial charge in [0.2, 0.25) is 0 Å². The Bertz CT molecular complexity index is 776. The topological polar surface area (TPSA) is 99.3 Å². The van der Waals surface area contributed by atoms with Gasteiger partial charge in [-0.15, -0.1) is 0 Å². The van der Waals surface area contributed by atoms with Crippen molar-refractivity contribution in [2.45, 2.75) is 12.8 Å². The summed E-state index contributed by atoms with van der Waals surface area (Å²) < 4.78 is 0. The van der Waals surface area contributed by atoms with Crippen molar-refractivity contribution in [3.8, 4) is 11.5 Å². The van der Waals surface area contributed by atoms with Crippen LogP contribution in [0, 0.1) is 0 Å². The van der Waals surface area contributed by atoms with E-state index in [2.05, 4.69) is 9.98 Å². The molecule has 0 spiro atoms. The first-order valence-corrected chi connectivity index (χ1v) is 7.31. The van der Waals surface area contributed by atoms with E-state index in [0.29, 0.717) is 0 Å². The summed E-state index contributed by atoms with van der Waals surface area (Å²) in [6.07, 6.45) is 0.363. The van der Waals surface area contributed by atoms with Gasteiger partial charge in [0, 0.05) is 12.8 Å². The molecule has 120 valence electrons. The summed E-state index contributed by atoms with van der Waals surface area (Å²) in [5.41, 5.74) is 1.68. The molecule has 0 unspecified atom stereocenters. The Morgan fingerprint density at radius 3 is 1.29 bits per heavy atom. The molecule has 6 nitrogen and oxygen atoms in total. The summed E-state index contributed by atoms with van der Waals surface area (Å²) in [7, 11) is 0. The summed E-state index contributed by atoms with van der Waals surface area (Å²) in [5, 5.41) is 18.5. The molecule has 2 aromatic rings.